The lowest BCUT2D eigenvalue weighted by atomic mass is 9.70. The van der Waals surface area contributed by atoms with Crippen molar-refractivity contribution in [2.45, 2.75) is 64.0 Å². The molecule has 1 aliphatic heterocycles. The number of aromatic nitrogens is 3. The number of carboxylic acids is 1. The Labute approximate surface area is 223 Å². The van der Waals surface area contributed by atoms with Gasteiger partial charge in [0.25, 0.3) is 0 Å². The lowest BCUT2D eigenvalue weighted by Gasteiger charge is -2.36. The highest BCUT2D eigenvalue weighted by Crippen LogP contribution is 2.49. The van der Waals surface area contributed by atoms with Crippen LogP contribution in [0.15, 0.2) is 61.3 Å². The molecule has 2 aromatic heterocycles. The third-order valence-electron chi connectivity index (χ3n) is 7.52. The van der Waals surface area contributed by atoms with Gasteiger partial charge in [0.05, 0.1) is 18.7 Å². The molecule has 1 aliphatic rings. The molecule has 1 aromatic carbocycles. The fourth-order valence-electron chi connectivity index (χ4n) is 5.79. The van der Waals surface area contributed by atoms with Crippen LogP contribution in [0.1, 0.15) is 80.2 Å². The van der Waals surface area contributed by atoms with Gasteiger partial charge in [0.15, 0.2) is 5.78 Å². The molecule has 1 unspecified atom stereocenters. The van der Waals surface area contributed by atoms with Crippen LogP contribution in [-0.2, 0) is 10.2 Å². The summed E-state index contributed by atoms with van der Waals surface area (Å²) >= 11 is 0. The predicted octanol–water partition coefficient (Wildman–Crippen LogP) is 4.97. The first kappa shape index (κ1) is 27.4. The van der Waals surface area contributed by atoms with Gasteiger partial charge in [0.1, 0.15) is 11.3 Å². The average molecular weight is 517 g/mol. The molecule has 200 valence electrons. The largest absolute Gasteiger partial charge is 0.496 e. The fourth-order valence-corrected chi connectivity index (χ4v) is 5.79. The van der Waals surface area contributed by atoms with Crippen LogP contribution in [-0.4, -0.2) is 44.5 Å². The molecule has 1 saturated heterocycles. The van der Waals surface area contributed by atoms with E-state index in [2.05, 4.69) is 41.0 Å². The lowest BCUT2D eigenvalue weighted by molar-refractivity contribution is -0.147. The number of pyridine rings is 1. The van der Waals surface area contributed by atoms with Crippen molar-refractivity contribution in [3.8, 4) is 5.75 Å². The average Bonchev–Trinajstić information content (AvgIpc) is 3.30. The molecule has 8 heteroatoms. The van der Waals surface area contributed by atoms with E-state index in [0.29, 0.717) is 17.0 Å². The molecule has 0 aliphatic carbocycles. The van der Waals surface area contributed by atoms with Crippen LogP contribution in [0, 0.1) is 11.8 Å². The highest BCUT2D eigenvalue weighted by atomic mass is 16.5. The van der Waals surface area contributed by atoms with E-state index in [1.54, 1.807) is 50.2 Å². The van der Waals surface area contributed by atoms with Gasteiger partial charge in [-0.15, -0.1) is 0 Å². The van der Waals surface area contributed by atoms with Crippen LogP contribution in [0.2, 0.25) is 0 Å². The number of carbonyl (C=O) groups excluding carboxylic acids is 1. The summed E-state index contributed by atoms with van der Waals surface area (Å²) in [5.74, 6) is -2.14. The summed E-state index contributed by atoms with van der Waals surface area (Å²) in [5, 5.41) is 14.2. The van der Waals surface area contributed by atoms with E-state index in [4.69, 9.17) is 4.74 Å². The van der Waals surface area contributed by atoms with Crippen LogP contribution in [0.25, 0.3) is 0 Å². The molecule has 0 amide bonds. The Morgan fingerprint density at radius 1 is 1.11 bits per heavy atom. The number of hydrogen-bond acceptors (Lipinski definition) is 7. The first-order valence-electron chi connectivity index (χ1n) is 12.9. The second-order valence-corrected chi connectivity index (χ2v) is 11.4. The maximum atomic E-state index is 14.2. The quantitative estimate of drug-likeness (QED) is 0.403. The fraction of sp³-hybridized carbons (Fsp3) is 0.433. The third-order valence-corrected chi connectivity index (χ3v) is 7.52. The normalized spacial score (nSPS) is 22.3. The number of hydrogen-bond donors (Lipinski definition) is 2. The van der Waals surface area contributed by atoms with Gasteiger partial charge in [-0.1, -0.05) is 52.8 Å². The van der Waals surface area contributed by atoms with Gasteiger partial charge < -0.3 is 9.84 Å². The van der Waals surface area contributed by atoms with Crippen molar-refractivity contribution in [2.24, 2.45) is 11.8 Å². The minimum atomic E-state index is -1.54. The number of rotatable bonds is 8. The van der Waals surface area contributed by atoms with Crippen LogP contribution in [0.5, 0.6) is 5.75 Å². The first-order chi connectivity index (χ1) is 18.0. The summed E-state index contributed by atoms with van der Waals surface area (Å²) in [5.41, 5.74) is 1.19. The van der Waals surface area contributed by atoms with Crippen molar-refractivity contribution in [3.05, 3.63) is 83.7 Å². The smallest absolute Gasteiger partial charge is 0.324 e. The number of nitrogens with one attached hydrogen (secondary N) is 1. The zero-order valence-corrected chi connectivity index (χ0v) is 22.8. The standard InChI is InChI=1S/C30H36N4O4/c1-18(2)25(27(35)19-9-10-22(29(3,4)5)24(14-19)38-6)30(28(36)37)15-21(23-17-32-12-13-33-23)26(34-30)20-8-7-11-31-16-20/h7-14,16-18,21,25-26,34H,15H2,1-6H3,(H,36,37)/t21-,25?,26+,30+/m1/s1. The van der Waals surface area contributed by atoms with Gasteiger partial charge in [-0.2, -0.15) is 0 Å². The number of nitrogens with zero attached hydrogens (tertiary/aromatic N) is 3. The van der Waals surface area contributed by atoms with Crippen molar-refractivity contribution in [3.63, 3.8) is 0 Å². The Kier molecular flexibility index (Phi) is 7.65. The van der Waals surface area contributed by atoms with Crippen LogP contribution in [0.4, 0.5) is 0 Å². The molecule has 0 bridgehead atoms. The summed E-state index contributed by atoms with van der Waals surface area (Å²) in [6, 6.07) is 8.74. The van der Waals surface area contributed by atoms with Crippen LogP contribution in [0.3, 0.4) is 0 Å². The number of benzene rings is 1. The molecule has 4 rings (SSSR count). The van der Waals surface area contributed by atoms with E-state index in [1.165, 1.54) is 0 Å². The van der Waals surface area contributed by atoms with Crippen molar-refractivity contribution in [1.82, 2.24) is 20.3 Å². The van der Waals surface area contributed by atoms with E-state index in [9.17, 15) is 14.7 Å². The van der Waals surface area contributed by atoms with Crippen LogP contribution < -0.4 is 10.1 Å². The van der Waals surface area contributed by atoms with Crippen molar-refractivity contribution >= 4 is 11.8 Å². The Morgan fingerprint density at radius 2 is 1.84 bits per heavy atom. The SMILES string of the molecule is COc1cc(C(=O)C(C(C)C)[C@]2(C(=O)O)C[C@H](c3cnccn3)[C@H](c3cccnc3)N2)ccc1C(C)(C)C. The molecular weight excluding hydrogens is 480 g/mol. The lowest BCUT2D eigenvalue weighted by Crippen LogP contribution is -2.58. The Bertz CT molecular complexity index is 1240. The number of methoxy groups -OCH3 is 1. The molecule has 2 N–H and O–H groups in total. The monoisotopic (exact) mass is 516 g/mol. The van der Waals surface area contributed by atoms with Crippen molar-refractivity contribution in [1.29, 1.82) is 0 Å². The maximum absolute atomic E-state index is 14.2. The molecule has 8 nitrogen and oxygen atoms in total. The number of ether oxygens (including phenoxy) is 1. The molecule has 4 atom stereocenters. The van der Waals surface area contributed by atoms with Gasteiger partial charge >= 0.3 is 5.97 Å². The van der Waals surface area contributed by atoms with Crippen molar-refractivity contribution < 1.29 is 19.4 Å². The van der Waals surface area contributed by atoms with E-state index in [1.807, 2.05) is 32.0 Å². The van der Waals surface area contributed by atoms with E-state index < -0.39 is 23.5 Å². The second kappa shape index (κ2) is 10.6. The molecule has 0 radical (unpaired) electrons. The number of aliphatic carboxylic acids is 1. The minimum Gasteiger partial charge on any atom is -0.496 e. The van der Waals surface area contributed by atoms with Crippen LogP contribution >= 0.6 is 0 Å². The minimum absolute atomic E-state index is 0.173. The van der Waals surface area contributed by atoms with E-state index in [0.717, 1.165) is 11.1 Å². The molecule has 1 fully saturated rings. The maximum Gasteiger partial charge on any atom is 0.324 e. The summed E-state index contributed by atoms with van der Waals surface area (Å²) in [4.78, 5) is 40.4. The zero-order valence-electron chi connectivity index (χ0n) is 22.8. The second-order valence-electron chi connectivity index (χ2n) is 11.4. The van der Waals surface area contributed by atoms with E-state index in [-0.39, 0.29) is 29.5 Å². The van der Waals surface area contributed by atoms with Crippen molar-refractivity contribution in [2.75, 3.05) is 7.11 Å². The molecule has 38 heavy (non-hydrogen) atoms. The number of carboxylic acid groups (broad SMARTS) is 1. The first-order valence-corrected chi connectivity index (χ1v) is 12.9. The van der Waals surface area contributed by atoms with Gasteiger partial charge in [0, 0.05) is 48.5 Å². The summed E-state index contributed by atoms with van der Waals surface area (Å²) in [6.07, 6.45) is 8.42. The zero-order chi connectivity index (χ0) is 27.7. The topological polar surface area (TPSA) is 114 Å². The highest BCUT2D eigenvalue weighted by molar-refractivity contribution is 6.02. The van der Waals surface area contributed by atoms with Gasteiger partial charge in [0.2, 0.25) is 0 Å². The molecular formula is C30H36N4O4. The van der Waals surface area contributed by atoms with E-state index >= 15 is 0 Å². The Hall–Kier alpha value is -3.65. The Morgan fingerprint density at radius 3 is 2.39 bits per heavy atom. The van der Waals surface area contributed by atoms with Gasteiger partial charge in [-0.05, 0) is 41.0 Å². The summed E-state index contributed by atoms with van der Waals surface area (Å²) < 4.78 is 5.64. The number of carbonyl (C=O) groups is 2. The molecule has 3 aromatic rings. The highest BCUT2D eigenvalue weighted by Gasteiger charge is 2.58. The summed E-state index contributed by atoms with van der Waals surface area (Å²) in [6.45, 7) is 10.0. The predicted molar refractivity (Wildman–Crippen MR) is 144 cm³/mol. The Balaban J connectivity index is 1.82. The molecule has 3 heterocycles. The summed E-state index contributed by atoms with van der Waals surface area (Å²) in [7, 11) is 1.58. The van der Waals surface area contributed by atoms with Gasteiger partial charge in [-0.3, -0.25) is 29.9 Å². The molecule has 0 spiro atoms. The number of ketones is 1. The molecule has 0 saturated carbocycles. The number of Topliss-reactive ketones (excluding diaryl/α,β-unsaturated/α-hetero) is 1. The van der Waals surface area contributed by atoms with Gasteiger partial charge in [-0.25, -0.2) is 0 Å². The third kappa shape index (κ3) is 5.05.